The molecule has 2 aromatic heterocycles. The van der Waals surface area contributed by atoms with Crippen LogP contribution in [-0.4, -0.2) is 21.3 Å². The summed E-state index contributed by atoms with van der Waals surface area (Å²) in [6.07, 6.45) is 3.19. The van der Waals surface area contributed by atoms with Gasteiger partial charge >= 0.3 is 0 Å². The van der Waals surface area contributed by atoms with Gasteiger partial charge in [-0.15, -0.1) is 11.3 Å². The monoisotopic (exact) mass is 264 g/mol. The van der Waals surface area contributed by atoms with Crippen molar-refractivity contribution in [2.75, 3.05) is 6.54 Å². The molecule has 1 atom stereocenters. The van der Waals surface area contributed by atoms with Crippen LogP contribution in [0.2, 0.25) is 0 Å². The number of aromatic nitrogens is 3. The third-order valence-corrected chi connectivity index (χ3v) is 3.87. The smallest absolute Gasteiger partial charge is 0.115 e. The Labute approximate surface area is 112 Å². The highest BCUT2D eigenvalue weighted by Crippen LogP contribution is 2.26. The second-order valence-corrected chi connectivity index (χ2v) is 5.45. The zero-order valence-corrected chi connectivity index (χ0v) is 12.2. The lowest BCUT2D eigenvalue weighted by Crippen LogP contribution is -2.23. The molecule has 2 aromatic rings. The maximum absolute atomic E-state index is 4.61. The van der Waals surface area contributed by atoms with Gasteiger partial charge in [0.05, 0.1) is 11.7 Å². The molecule has 0 saturated carbocycles. The average Bonchev–Trinajstić information content (AvgIpc) is 2.87. The SMILES string of the molecule is CCCNC(c1nc(C)cs1)c1cn(C)nc1C. The molecule has 0 amide bonds. The zero-order valence-electron chi connectivity index (χ0n) is 11.4. The van der Waals surface area contributed by atoms with E-state index in [4.69, 9.17) is 0 Å². The van der Waals surface area contributed by atoms with E-state index in [1.165, 1.54) is 5.56 Å². The van der Waals surface area contributed by atoms with E-state index < -0.39 is 0 Å². The Morgan fingerprint density at radius 2 is 2.22 bits per heavy atom. The van der Waals surface area contributed by atoms with Crippen molar-refractivity contribution in [3.05, 3.63) is 33.5 Å². The van der Waals surface area contributed by atoms with Crippen LogP contribution in [0.15, 0.2) is 11.6 Å². The first-order valence-electron chi connectivity index (χ1n) is 6.27. The molecule has 1 N–H and O–H groups in total. The predicted octanol–water partition coefficient (Wildman–Crippen LogP) is 2.58. The Bertz CT molecular complexity index is 515. The Morgan fingerprint density at radius 1 is 1.44 bits per heavy atom. The minimum Gasteiger partial charge on any atom is -0.304 e. The minimum absolute atomic E-state index is 0.164. The van der Waals surface area contributed by atoms with Gasteiger partial charge in [-0.05, 0) is 26.8 Å². The predicted molar refractivity (Wildman–Crippen MR) is 74.9 cm³/mol. The Kier molecular flexibility index (Phi) is 4.14. The lowest BCUT2D eigenvalue weighted by atomic mass is 10.1. The zero-order chi connectivity index (χ0) is 13.1. The van der Waals surface area contributed by atoms with Gasteiger partial charge in [-0.1, -0.05) is 6.92 Å². The highest BCUT2D eigenvalue weighted by atomic mass is 32.1. The number of nitrogens with zero attached hydrogens (tertiary/aromatic N) is 3. The number of hydrogen-bond donors (Lipinski definition) is 1. The van der Waals surface area contributed by atoms with Gasteiger partial charge < -0.3 is 5.32 Å². The van der Waals surface area contributed by atoms with E-state index in [1.54, 1.807) is 11.3 Å². The van der Waals surface area contributed by atoms with Crippen molar-refractivity contribution in [1.82, 2.24) is 20.1 Å². The fourth-order valence-electron chi connectivity index (χ4n) is 2.03. The van der Waals surface area contributed by atoms with Crippen LogP contribution >= 0.6 is 11.3 Å². The Balaban J connectivity index is 2.33. The molecule has 5 heteroatoms. The molecule has 0 aliphatic carbocycles. The van der Waals surface area contributed by atoms with Gasteiger partial charge in [-0.3, -0.25) is 4.68 Å². The van der Waals surface area contributed by atoms with Gasteiger partial charge in [0.25, 0.3) is 0 Å². The topological polar surface area (TPSA) is 42.7 Å². The molecule has 18 heavy (non-hydrogen) atoms. The molecule has 98 valence electrons. The highest BCUT2D eigenvalue weighted by Gasteiger charge is 2.20. The van der Waals surface area contributed by atoms with Gasteiger partial charge in [0, 0.05) is 29.9 Å². The van der Waals surface area contributed by atoms with Gasteiger partial charge in [0.2, 0.25) is 0 Å². The van der Waals surface area contributed by atoms with Crippen LogP contribution in [0.25, 0.3) is 0 Å². The van der Waals surface area contributed by atoms with E-state index >= 15 is 0 Å². The largest absolute Gasteiger partial charge is 0.304 e. The normalized spacial score (nSPS) is 12.9. The summed E-state index contributed by atoms with van der Waals surface area (Å²) in [5.74, 6) is 0. The molecule has 0 aliphatic heterocycles. The quantitative estimate of drug-likeness (QED) is 0.902. The van der Waals surface area contributed by atoms with Crippen LogP contribution < -0.4 is 5.32 Å². The number of nitrogens with one attached hydrogen (secondary N) is 1. The van der Waals surface area contributed by atoms with Crippen LogP contribution in [0.4, 0.5) is 0 Å². The highest BCUT2D eigenvalue weighted by molar-refractivity contribution is 7.09. The molecule has 0 fully saturated rings. The summed E-state index contributed by atoms with van der Waals surface area (Å²) in [5.41, 5.74) is 3.37. The van der Waals surface area contributed by atoms with Crippen molar-refractivity contribution in [3.63, 3.8) is 0 Å². The second-order valence-electron chi connectivity index (χ2n) is 4.56. The van der Waals surface area contributed by atoms with Crippen molar-refractivity contribution in [2.45, 2.75) is 33.2 Å². The van der Waals surface area contributed by atoms with E-state index in [2.05, 4.69) is 40.8 Å². The molecule has 2 rings (SSSR count). The van der Waals surface area contributed by atoms with Crippen molar-refractivity contribution >= 4 is 11.3 Å². The van der Waals surface area contributed by atoms with Crippen molar-refractivity contribution in [1.29, 1.82) is 0 Å². The molecule has 0 saturated heterocycles. The molecule has 0 aromatic carbocycles. The third-order valence-electron chi connectivity index (χ3n) is 2.84. The second kappa shape index (κ2) is 5.63. The standard InChI is InChI=1S/C13H20N4S/c1-5-6-14-12(13-15-9(2)8-18-13)11-7-17(4)16-10(11)3/h7-8,12,14H,5-6H2,1-4H3. The number of hydrogen-bond acceptors (Lipinski definition) is 4. The summed E-state index contributed by atoms with van der Waals surface area (Å²) < 4.78 is 1.87. The van der Waals surface area contributed by atoms with Gasteiger partial charge in [-0.2, -0.15) is 5.10 Å². The fraction of sp³-hybridized carbons (Fsp3) is 0.538. The first-order chi connectivity index (χ1) is 8.61. The summed E-state index contributed by atoms with van der Waals surface area (Å²) >= 11 is 1.71. The fourth-order valence-corrected chi connectivity index (χ4v) is 2.91. The van der Waals surface area contributed by atoms with E-state index in [0.717, 1.165) is 29.4 Å². The number of rotatable bonds is 5. The summed E-state index contributed by atoms with van der Waals surface area (Å²) in [5, 5.41) is 11.2. The van der Waals surface area contributed by atoms with E-state index in [1.807, 2.05) is 18.7 Å². The molecular weight excluding hydrogens is 244 g/mol. The number of thiazole rings is 1. The first-order valence-corrected chi connectivity index (χ1v) is 7.15. The van der Waals surface area contributed by atoms with Crippen LogP contribution in [0.1, 0.15) is 41.3 Å². The van der Waals surface area contributed by atoms with Crippen LogP contribution in [0, 0.1) is 13.8 Å². The summed E-state index contributed by atoms with van der Waals surface area (Å²) in [6, 6.07) is 0.164. The van der Waals surface area contributed by atoms with Crippen LogP contribution in [-0.2, 0) is 7.05 Å². The summed E-state index contributed by atoms with van der Waals surface area (Å²) in [6.45, 7) is 7.24. The maximum atomic E-state index is 4.61. The van der Waals surface area contributed by atoms with Gasteiger partial charge in [-0.25, -0.2) is 4.98 Å². The first kappa shape index (κ1) is 13.2. The third kappa shape index (κ3) is 2.79. The Hall–Kier alpha value is -1.20. The van der Waals surface area contributed by atoms with Gasteiger partial charge in [0.1, 0.15) is 5.01 Å². The van der Waals surface area contributed by atoms with Crippen LogP contribution in [0.3, 0.4) is 0 Å². The summed E-state index contributed by atoms with van der Waals surface area (Å²) in [4.78, 5) is 4.61. The molecule has 0 spiro atoms. The van der Waals surface area contributed by atoms with Crippen molar-refractivity contribution in [3.8, 4) is 0 Å². The van der Waals surface area contributed by atoms with E-state index in [-0.39, 0.29) is 6.04 Å². The lowest BCUT2D eigenvalue weighted by molar-refractivity contribution is 0.592. The maximum Gasteiger partial charge on any atom is 0.115 e. The molecule has 0 aliphatic rings. The minimum atomic E-state index is 0.164. The molecule has 0 bridgehead atoms. The summed E-state index contributed by atoms with van der Waals surface area (Å²) in [7, 11) is 1.96. The Morgan fingerprint density at radius 3 is 2.72 bits per heavy atom. The van der Waals surface area contributed by atoms with E-state index in [0.29, 0.717) is 0 Å². The lowest BCUT2D eigenvalue weighted by Gasteiger charge is -2.15. The molecule has 1 unspecified atom stereocenters. The molecule has 0 radical (unpaired) electrons. The van der Waals surface area contributed by atoms with Crippen molar-refractivity contribution < 1.29 is 0 Å². The molecule has 4 nitrogen and oxygen atoms in total. The number of aryl methyl sites for hydroxylation is 3. The average molecular weight is 264 g/mol. The molecular formula is C13H20N4S. The van der Waals surface area contributed by atoms with Crippen LogP contribution in [0.5, 0.6) is 0 Å². The van der Waals surface area contributed by atoms with Crippen molar-refractivity contribution in [2.24, 2.45) is 7.05 Å². The van der Waals surface area contributed by atoms with Gasteiger partial charge in [0.15, 0.2) is 0 Å². The molecule has 2 heterocycles. The van der Waals surface area contributed by atoms with E-state index in [9.17, 15) is 0 Å².